The third-order valence-corrected chi connectivity index (χ3v) is 1.79. The van der Waals surface area contributed by atoms with Gasteiger partial charge in [0.1, 0.15) is 5.71 Å². The van der Waals surface area contributed by atoms with Crippen molar-refractivity contribution in [2.75, 3.05) is 12.0 Å². The number of nitrogens with zero attached hydrogens (tertiary/aromatic N) is 1. The maximum Gasteiger partial charge on any atom is 0.267 e. The van der Waals surface area contributed by atoms with Gasteiger partial charge in [-0.25, -0.2) is 0 Å². The number of carbonyl (C=O) groups is 1. The average Bonchev–Trinajstić information content (AvgIpc) is 2.27. The van der Waals surface area contributed by atoms with Crippen LogP contribution in [0.3, 0.4) is 0 Å². The van der Waals surface area contributed by atoms with E-state index in [-0.39, 0.29) is 5.91 Å². The van der Waals surface area contributed by atoms with E-state index in [4.69, 9.17) is 0 Å². The Balaban J connectivity index is 2.54. The minimum absolute atomic E-state index is 0.152. The van der Waals surface area contributed by atoms with E-state index >= 15 is 0 Å². The number of hydrogen-bond donors (Lipinski definition) is 2. The van der Waals surface area contributed by atoms with E-state index < -0.39 is 0 Å². The van der Waals surface area contributed by atoms with Gasteiger partial charge in [0.25, 0.3) is 5.91 Å². The van der Waals surface area contributed by atoms with Crippen molar-refractivity contribution in [3.63, 3.8) is 0 Å². The Morgan fingerprint density at radius 2 is 2.00 bits per heavy atom. The first kappa shape index (κ1) is 11.2. The molecule has 0 saturated heterocycles. The summed E-state index contributed by atoms with van der Waals surface area (Å²) in [6.07, 6.45) is 0. The Morgan fingerprint density at radius 3 is 2.60 bits per heavy atom. The number of benzene rings is 1. The van der Waals surface area contributed by atoms with E-state index in [1.807, 2.05) is 37.3 Å². The Hall–Kier alpha value is -1.84. The predicted octanol–water partition coefficient (Wildman–Crippen LogP) is 1.61. The fourth-order valence-corrected chi connectivity index (χ4v) is 1.00. The normalized spacial score (nSPS) is 10.9. The number of rotatable bonds is 4. The van der Waals surface area contributed by atoms with Gasteiger partial charge in [0.15, 0.2) is 0 Å². The molecular weight excluding hydrogens is 190 g/mol. The van der Waals surface area contributed by atoms with Gasteiger partial charge in [-0.2, -0.15) is 5.10 Å². The summed E-state index contributed by atoms with van der Waals surface area (Å²) in [4.78, 5) is 11.3. The molecule has 1 aromatic rings. The molecule has 0 heterocycles. The minimum atomic E-state index is -0.152. The van der Waals surface area contributed by atoms with Gasteiger partial charge in [0.05, 0.1) is 5.69 Å². The van der Waals surface area contributed by atoms with E-state index in [1.54, 1.807) is 6.92 Å². The monoisotopic (exact) mass is 205 g/mol. The topological polar surface area (TPSA) is 53.5 Å². The van der Waals surface area contributed by atoms with Crippen molar-refractivity contribution in [3.05, 3.63) is 30.3 Å². The number of para-hydroxylation sites is 1. The van der Waals surface area contributed by atoms with Crippen LogP contribution in [0.2, 0.25) is 0 Å². The summed E-state index contributed by atoms with van der Waals surface area (Å²) in [6, 6.07) is 9.49. The summed E-state index contributed by atoms with van der Waals surface area (Å²) >= 11 is 0. The van der Waals surface area contributed by atoms with Crippen LogP contribution < -0.4 is 10.7 Å². The Kier molecular flexibility index (Phi) is 4.34. The van der Waals surface area contributed by atoms with Gasteiger partial charge in [0.2, 0.25) is 0 Å². The summed E-state index contributed by atoms with van der Waals surface area (Å²) in [5.41, 5.74) is 4.09. The summed E-state index contributed by atoms with van der Waals surface area (Å²) in [5.74, 6) is -0.152. The molecule has 0 aliphatic carbocycles. The number of nitrogens with one attached hydrogen (secondary N) is 2. The lowest BCUT2D eigenvalue weighted by Gasteiger charge is -2.02. The molecule has 0 fully saturated rings. The molecule has 0 unspecified atom stereocenters. The van der Waals surface area contributed by atoms with Crippen molar-refractivity contribution < 1.29 is 4.79 Å². The van der Waals surface area contributed by atoms with Gasteiger partial charge in [0, 0.05) is 6.54 Å². The number of anilines is 1. The minimum Gasteiger partial charge on any atom is -0.351 e. The molecule has 0 aliphatic heterocycles. The van der Waals surface area contributed by atoms with Crippen LogP contribution in [-0.2, 0) is 4.79 Å². The third kappa shape index (κ3) is 3.81. The molecule has 1 aromatic carbocycles. The van der Waals surface area contributed by atoms with Crippen LogP contribution in [0, 0.1) is 0 Å². The van der Waals surface area contributed by atoms with Gasteiger partial charge in [-0.15, -0.1) is 0 Å². The molecule has 0 aromatic heterocycles. The molecular formula is C11H15N3O. The molecule has 4 heteroatoms. The van der Waals surface area contributed by atoms with Crippen LogP contribution in [0.1, 0.15) is 13.8 Å². The first-order valence-corrected chi connectivity index (χ1v) is 4.87. The van der Waals surface area contributed by atoms with Crippen molar-refractivity contribution >= 4 is 17.3 Å². The molecule has 15 heavy (non-hydrogen) atoms. The largest absolute Gasteiger partial charge is 0.351 e. The zero-order chi connectivity index (χ0) is 11.1. The highest BCUT2D eigenvalue weighted by atomic mass is 16.1. The fourth-order valence-electron chi connectivity index (χ4n) is 1.00. The molecule has 0 saturated carbocycles. The predicted molar refractivity (Wildman–Crippen MR) is 61.9 cm³/mol. The van der Waals surface area contributed by atoms with Crippen molar-refractivity contribution in [2.24, 2.45) is 5.10 Å². The van der Waals surface area contributed by atoms with Gasteiger partial charge < -0.3 is 5.32 Å². The molecule has 0 atom stereocenters. The number of hydrogen-bond acceptors (Lipinski definition) is 3. The number of amides is 1. The Labute approximate surface area is 89.4 Å². The van der Waals surface area contributed by atoms with Gasteiger partial charge in [-0.1, -0.05) is 18.2 Å². The highest BCUT2D eigenvalue weighted by molar-refractivity contribution is 6.38. The molecule has 0 radical (unpaired) electrons. The summed E-state index contributed by atoms with van der Waals surface area (Å²) in [5, 5.41) is 6.64. The van der Waals surface area contributed by atoms with Crippen LogP contribution >= 0.6 is 0 Å². The van der Waals surface area contributed by atoms with E-state index in [2.05, 4.69) is 15.8 Å². The van der Waals surface area contributed by atoms with E-state index in [9.17, 15) is 4.79 Å². The van der Waals surface area contributed by atoms with Crippen LogP contribution in [0.5, 0.6) is 0 Å². The van der Waals surface area contributed by atoms with E-state index in [0.29, 0.717) is 12.3 Å². The number of carbonyl (C=O) groups excluding carboxylic acids is 1. The van der Waals surface area contributed by atoms with Gasteiger partial charge >= 0.3 is 0 Å². The summed E-state index contributed by atoms with van der Waals surface area (Å²) in [6.45, 7) is 4.15. The average molecular weight is 205 g/mol. The second-order valence-electron chi connectivity index (χ2n) is 3.03. The second kappa shape index (κ2) is 5.80. The molecule has 1 amide bonds. The summed E-state index contributed by atoms with van der Waals surface area (Å²) in [7, 11) is 0. The van der Waals surface area contributed by atoms with Gasteiger partial charge in [-0.05, 0) is 26.0 Å². The molecule has 2 N–H and O–H groups in total. The molecule has 80 valence electrons. The maximum absolute atomic E-state index is 11.3. The smallest absolute Gasteiger partial charge is 0.267 e. The maximum atomic E-state index is 11.3. The Morgan fingerprint density at radius 1 is 1.33 bits per heavy atom. The van der Waals surface area contributed by atoms with E-state index in [0.717, 1.165) is 5.69 Å². The van der Waals surface area contributed by atoms with Crippen LogP contribution in [0.15, 0.2) is 35.4 Å². The lowest BCUT2D eigenvalue weighted by molar-refractivity contribution is -0.114. The second-order valence-corrected chi connectivity index (χ2v) is 3.03. The zero-order valence-corrected chi connectivity index (χ0v) is 8.95. The zero-order valence-electron chi connectivity index (χ0n) is 8.95. The molecule has 1 rings (SSSR count). The van der Waals surface area contributed by atoms with Crippen LogP contribution in [0.4, 0.5) is 5.69 Å². The van der Waals surface area contributed by atoms with Crippen molar-refractivity contribution in [3.8, 4) is 0 Å². The quantitative estimate of drug-likeness (QED) is 0.579. The fraction of sp³-hybridized carbons (Fsp3) is 0.273. The molecule has 0 aliphatic rings. The first-order valence-electron chi connectivity index (χ1n) is 4.87. The number of hydrazone groups is 1. The standard InChI is InChI=1S/C11H15N3O/c1-3-12-11(15)9(2)13-14-10-7-5-4-6-8-10/h4-8,14H,3H2,1-2H3,(H,12,15). The van der Waals surface area contributed by atoms with Crippen molar-refractivity contribution in [1.29, 1.82) is 0 Å². The molecule has 0 bridgehead atoms. The SMILES string of the molecule is CCNC(=O)C(C)=NNc1ccccc1. The van der Waals surface area contributed by atoms with Crippen LogP contribution in [0.25, 0.3) is 0 Å². The highest BCUT2D eigenvalue weighted by Crippen LogP contribution is 2.04. The highest BCUT2D eigenvalue weighted by Gasteiger charge is 2.02. The van der Waals surface area contributed by atoms with Crippen molar-refractivity contribution in [2.45, 2.75) is 13.8 Å². The van der Waals surface area contributed by atoms with Crippen molar-refractivity contribution in [1.82, 2.24) is 5.32 Å². The summed E-state index contributed by atoms with van der Waals surface area (Å²) < 4.78 is 0. The third-order valence-electron chi connectivity index (χ3n) is 1.79. The lowest BCUT2D eigenvalue weighted by atomic mass is 10.3. The Bertz CT molecular complexity index is 346. The molecule has 4 nitrogen and oxygen atoms in total. The molecule has 0 spiro atoms. The lowest BCUT2D eigenvalue weighted by Crippen LogP contribution is -2.29. The first-order chi connectivity index (χ1) is 7.24. The van der Waals surface area contributed by atoms with Gasteiger partial charge in [-0.3, -0.25) is 10.2 Å². The van der Waals surface area contributed by atoms with Crippen LogP contribution in [-0.4, -0.2) is 18.2 Å². The van der Waals surface area contributed by atoms with E-state index in [1.165, 1.54) is 0 Å².